The Morgan fingerprint density at radius 2 is 2.38 bits per heavy atom. The zero-order chi connectivity index (χ0) is 11.5. The van der Waals surface area contributed by atoms with Crippen LogP contribution in [0.2, 0.25) is 5.02 Å². The van der Waals surface area contributed by atoms with Crippen molar-refractivity contribution in [2.45, 2.75) is 18.6 Å². The van der Waals surface area contributed by atoms with Gasteiger partial charge in [0.1, 0.15) is 0 Å². The van der Waals surface area contributed by atoms with E-state index < -0.39 is 0 Å². The van der Waals surface area contributed by atoms with Gasteiger partial charge >= 0.3 is 0 Å². The number of nitrogens with zero attached hydrogens (tertiary/aromatic N) is 1. The Morgan fingerprint density at radius 1 is 1.56 bits per heavy atom. The van der Waals surface area contributed by atoms with E-state index in [4.69, 9.17) is 17.3 Å². The summed E-state index contributed by atoms with van der Waals surface area (Å²) in [6.07, 6.45) is 1.22. The minimum absolute atomic E-state index is 0.708. The third kappa shape index (κ3) is 2.58. The zero-order valence-electron chi connectivity index (χ0n) is 9.45. The molecule has 0 amide bonds. The molecule has 2 N–H and O–H groups in total. The van der Waals surface area contributed by atoms with Crippen molar-refractivity contribution in [1.29, 1.82) is 0 Å². The van der Waals surface area contributed by atoms with Gasteiger partial charge in [0.15, 0.2) is 0 Å². The summed E-state index contributed by atoms with van der Waals surface area (Å²) in [6.45, 7) is 4.41. The van der Waals surface area contributed by atoms with E-state index in [0.717, 1.165) is 29.7 Å². The van der Waals surface area contributed by atoms with Crippen LogP contribution in [0.15, 0.2) is 18.2 Å². The molecule has 1 atom stereocenters. The van der Waals surface area contributed by atoms with Gasteiger partial charge in [-0.15, -0.1) is 0 Å². The predicted molar refractivity (Wildman–Crippen MR) is 74.6 cm³/mol. The van der Waals surface area contributed by atoms with Crippen molar-refractivity contribution in [3.05, 3.63) is 23.2 Å². The molecule has 16 heavy (non-hydrogen) atoms. The zero-order valence-corrected chi connectivity index (χ0v) is 11.0. The summed E-state index contributed by atoms with van der Waals surface area (Å²) in [5.41, 5.74) is 7.92. The number of halogens is 1. The Bertz CT molecular complexity index is 370. The summed E-state index contributed by atoms with van der Waals surface area (Å²) < 4.78 is 0. The predicted octanol–water partition coefficient (Wildman–Crippen LogP) is 3.25. The van der Waals surface area contributed by atoms with Gasteiger partial charge in [-0.05, 0) is 24.6 Å². The molecule has 88 valence electrons. The third-order valence-electron chi connectivity index (χ3n) is 2.92. The van der Waals surface area contributed by atoms with E-state index in [1.807, 2.05) is 18.2 Å². The average molecular weight is 257 g/mol. The van der Waals surface area contributed by atoms with Crippen molar-refractivity contribution >= 4 is 34.7 Å². The second-order valence-corrected chi connectivity index (χ2v) is 5.89. The SMILES string of the molecule is CCC1CN(c2ccc(Cl)cc2N)CCS1. The van der Waals surface area contributed by atoms with E-state index in [1.165, 1.54) is 12.2 Å². The van der Waals surface area contributed by atoms with Gasteiger partial charge in [0, 0.05) is 29.1 Å². The molecular formula is C12H17ClN2S. The highest BCUT2D eigenvalue weighted by Crippen LogP contribution is 2.31. The number of hydrogen-bond donors (Lipinski definition) is 1. The van der Waals surface area contributed by atoms with E-state index in [9.17, 15) is 0 Å². The number of anilines is 2. The first kappa shape index (κ1) is 11.9. The lowest BCUT2D eigenvalue weighted by Crippen LogP contribution is -2.37. The monoisotopic (exact) mass is 256 g/mol. The van der Waals surface area contributed by atoms with E-state index in [-0.39, 0.29) is 0 Å². The Balaban J connectivity index is 2.16. The van der Waals surface area contributed by atoms with Gasteiger partial charge in [0.05, 0.1) is 11.4 Å². The van der Waals surface area contributed by atoms with Crippen molar-refractivity contribution in [3.8, 4) is 0 Å². The number of hydrogen-bond acceptors (Lipinski definition) is 3. The van der Waals surface area contributed by atoms with Crippen LogP contribution in [-0.2, 0) is 0 Å². The van der Waals surface area contributed by atoms with Gasteiger partial charge in [-0.3, -0.25) is 0 Å². The molecule has 0 aromatic heterocycles. The molecule has 0 saturated carbocycles. The molecule has 0 radical (unpaired) electrons. The summed E-state index contributed by atoms with van der Waals surface area (Å²) in [5.74, 6) is 1.18. The maximum Gasteiger partial charge on any atom is 0.0601 e. The summed E-state index contributed by atoms with van der Waals surface area (Å²) in [6, 6.07) is 5.77. The highest BCUT2D eigenvalue weighted by atomic mass is 35.5. The van der Waals surface area contributed by atoms with Crippen LogP contribution in [0.4, 0.5) is 11.4 Å². The van der Waals surface area contributed by atoms with E-state index in [1.54, 1.807) is 0 Å². The van der Waals surface area contributed by atoms with Gasteiger partial charge in [-0.2, -0.15) is 11.8 Å². The Kier molecular flexibility index (Phi) is 3.87. The molecule has 1 aliphatic rings. The van der Waals surface area contributed by atoms with Gasteiger partial charge in [0.2, 0.25) is 0 Å². The lowest BCUT2D eigenvalue weighted by Gasteiger charge is -2.34. The fraction of sp³-hybridized carbons (Fsp3) is 0.500. The molecule has 2 rings (SSSR count). The number of rotatable bonds is 2. The van der Waals surface area contributed by atoms with Gasteiger partial charge in [-0.25, -0.2) is 0 Å². The molecule has 0 spiro atoms. The Hall–Kier alpha value is -0.540. The fourth-order valence-electron chi connectivity index (χ4n) is 2.00. The molecule has 1 aliphatic heterocycles. The molecule has 0 bridgehead atoms. The van der Waals surface area contributed by atoms with Crippen LogP contribution >= 0.6 is 23.4 Å². The highest BCUT2D eigenvalue weighted by Gasteiger charge is 2.20. The van der Waals surface area contributed by atoms with Crippen LogP contribution in [0.1, 0.15) is 13.3 Å². The largest absolute Gasteiger partial charge is 0.397 e. The summed E-state index contributed by atoms with van der Waals surface area (Å²) in [7, 11) is 0. The second-order valence-electron chi connectivity index (χ2n) is 4.05. The van der Waals surface area contributed by atoms with Crippen molar-refractivity contribution in [3.63, 3.8) is 0 Å². The quantitative estimate of drug-likeness (QED) is 0.824. The van der Waals surface area contributed by atoms with Crippen molar-refractivity contribution in [2.24, 2.45) is 0 Å². The van der Waals surface area contributed by atoms with Crippen LogP contribution in [-0.4, -0.2) is 24.1 Å². The van der Waals surface area contributed by atoms with Crippen LogP contribution in [0.5, 0.6) is 0 Å². The van der Waals surface area contributed by atoms with Crippen LogP contribution in [0.25, 0.3) is 0 Å². The van der Waals surface area contributed by atoms with E-state index in [0.29, 0.717) is 5.02 Å². The lowest BCUT2D eigenvalue weighted by atomic mass is 10.2. The maximum absolute atomic E-state index is 6.01. The molecule has 1 saturated heterocycles. The summed E-state index contributed by atoms with van der Waals surface area (Å²) >= 11 is 7.97. The van der Waals surface area contributed by atoms with Crippen LogP contribution in [0.3, 0.4) is 0 Å². The van der Waals surface area contributed by atoms with Crippen molar-refractivity contribution in [1.82, 2.24) is 0 Å². The molecule has 4 heteroatoms. The number of thioether (sulfide) groups is 1. The molecule has 2 nitrogen and oxygen atoms in total. The van der Waals surface area contributed by atoms with Crippen molar-refractivity contribution in [2.75, 3.05) is 29.5 Å². The molecule has 1 unspecified atom stereocenters. The van der Waals surface area contributed by atoms with E-state index in [2.05, 4.69) is 23.6 Å². The van der Waals surface area contributed by atoms with E-state index >= 15 is 0 Å². The molecule has 0 aliphatic carbocycles. The third-order valence-corrected chi connectivity index (χ3v) is 4.53. The first-order valence-corrected chi connectivity index (χ1v) is 7.05. The van der Waals surface area contributed by atoms with Crippen LogP contribution in [0, 0.1) is 0 Å². The van der Waals surface area contributed by atoms with Crippen LogP contribution < -0.4 is 10.6 Å². The average Bonchev–Trinajstić information content (AvgIpc) is 2.29. The summed E-state index contributed by atoms with van der Waals surface area (Å²) in [5, 5.41) is 1.43. The number of benzene rings is 1. The second kappa shape index (κ2) is 5.19. The van der Waals surface area contributed by atoms with Gasteiger partial charge in [0.25, 0.3) is 0 Å². The van der Waals surface area contributed by atoms with Gasteiger partial charge in [-0.1, -0.05) is 18.5 Å². The Labute approximate surface area is 106 Å². The first-order chi connectivity index (χ1) is 7.70. The minimum atomic E-state index is 0.708. The molecule has 1 aromatic rings. The first-order valence-electron chi connectivity index (χ1n) is 5.62. The molecular weight excluding hydrogens is 240 g/mol. The fourth-order valence-corrected chi connectivity index (χ4v) is 3.36. The number of nitrogen functional groups attached to an aromatic ring is 1. The van der Waals surface area contributed by atoms with Crippen molar-refractivity contribution < 1.29 is 0 Å². The number of nitrogens with two attached hydrogens (primary N) is 1. The minimum Gasteiger partial charge on any atom is -0.397 e. The molecule has 1 aromatic carbocycles. The van der Waals surface area contributed by atoms with Gasteiger partial charge < -0.3 is 10.6 Å². The lowest BCUT2D eigenvalue weighted by molar-refractivity contribution is 0.729. The normalized spacial score (nSPS) is 21.1. The maximum atomic E-state index is 6.01. The highest BCUT2D eigenvalue weighted by molar-refractivity contribution is 8.00. The Morgan fingerprint density at radius 3 is 3.06 bits per heavy atom. The smallest absolute Gasteiger partial charge is 0.0601 e. The molecule has 1 heterocycles. The molecule has 1 fully saturated rings. The standard InChI is InChI=1S/C12H17ClN2S/c1-2-10-8-15(5-6-16-10)12-4-3-9(13)7-11(12)14/h3-4,7,10H,2,5-6,8,14H2,1H3. The summed E-state index contributed by atoms with van der Waals surface area (Å²) in [4.78, 5) is 2.37. The topological polar surface area (TPSA) is 29.3 Å².